The number of amides is 2. The highest BCUT2D eigenvalue weighted by Crippen LogP contribution is 2.20. The molecule has 0 radical (unpaired) electrons. The number of aliphatic carboxylic acids is 1. The lowest BCUT2D eigenvalue weighted by molar-refractivity contribution is -0.144. The van der Waals surface area contributed by atoms with E-state index in [2.05, 4.69) is 5.32 Å². The van der Waals surface area contributed by atoms with E-state index in [0.29, 0.717) is 25.1 Å². The van der Waals surface area contributed by atoms with Crippen LogP contribution < -0.4 is 5.32 Å². The predicted octanol–water partition coefficient (Wildman–Crippen LogP) is 2.07. The van der Waals surface area contributed by atoms with Gasteiger partial charge in [0.2, 0.25) is 5.91 Å². The molecule has 2 amide bonds. The summed E-state index contributed by atoms with van der Waals surface area (Å²) in [5.74, 6) is -1.98. The first-order valence-corrected chi connectivity index (χ1v) is 8.68. The number of carboxylic acid groups (broad SMARTS) is 1. The molecule has 1 aliphatic rings. The highest BCUT2D eigenvalue weighted by molar-refractivity contribution is 5.95. The number of piperidine rings is 1. The van der Waals surface area contributed by atoms with Crippen molar-refractivity contribution in [1.29, 1.82) is 0 Å². The Morgan fingerprint density at radius 2 is 1.84 bits per heavy atom. The fourth-order valence-corrected chi connectivity index (χ4v) is 3.04. The van der Waals surface area contributed by atoms with Crippen molar-refractivity contribution >= 4 is 17.8 Å². The van der Waals surface area contributed by atoms with Crippen LogP contribution in [0.4, 0.5) is 0 Å². The number of aryl methyl sites for hydroxylation is 1. The second-order valence-electron chi connectivity index (χ2n) is 7.02. The second-order valence-corrected chi connectivity index (χ2v) is 7.02. The van der Waals surface area contributed by atoms with Crippen LogP contribution in [0.15, 0.2) is 24.3 Å². The first kappa shape index (κ1) is 19.0. The SMILES string of the molecule is Cc1ccc(C(=O)N2CCCC(C(=O)N[C@@H](C(=O)O)C(C)C)C2)cc1. The third kappa shape index (κ3) is 4.81. The molecule has 2 N–H and O–H groups in total. The first-order chi connectivity index (χ1) is 11.8. The molecule has 0 bridgehead atoms. The van der Waals surface area contributed by atoms with Crippen molar-refractivity contribution in [1.82, 2.24) is 10.2 Å². The van der Waals surface area contributed by atoms with Gasteiger partial charge in [-0.1, -0.05) is 31.5 Å². The lowest BCUT2D eigenvalue weighted by atomic mass is 9.95. The van der Waals surface area contributed by atoms with E-state index in [-0.39, 0.29) is 23.7 Å². The van der Waals surface area contributed by atoms with E-state index in [0.717, 1.165) is 12.0 Å². The van der Waals surface area contributed by atoms with Crippen molar-refractivity contribution in [2.24, 2.45) is 11.8 Å². The zero-order valence-electron chi connectivity index (χ0n) is 15.0. The summed E-state index contributed by atoms with van der Waals surface area (Å²) in [4.78, 5) is 38.0. The Hall–Kier alpha value is -2.37. The Balaban J connectivity index is 2.02. The molecule has 1 aromatic rings. The Morgan fingerprint density at radius 3 is 2.40 bits per heavy atom. The number of hydrogen-bond acceptors (Lipinski definition) is 3. The second kappa shape index (κ2) is 8.14. The van der Waals surface area contributed by atoms with E-state index in [1.807, 2.05) is 19.1 Å². The number of carboxylic acids is 1. The number of likely N-dealkylation sites (tertiary alicyclic amines) is 1. The van der Waals surface area contributed by atoms with Crippen LogP contribution in [0.2, 0.25) is 0 Å². The molecule has 2 atom stereocenters. The van der Waals surface area contributed by atoms with E-state index in [9.17, 15) is 19.5 Å². The number of rotatable bonds is 5. The Bertz CT molecular complexity index is 639. The molecule has 6 nitrogen and oxygen atoms in total. The van der Waals surface area contributed by atoms with Gasteiger partial charge in [-0.05, 0) is 37.8 Å². The van der Waals surface area contributed by atoms with Crippen LogP contribution in [-0.4, -0.2) is 46.9 Å². The molecule has 136 valence electrons. The van der Waals surface area contributed by atoms with Crippen LogP contribution in [0.25, 0.3) is 0 Å². The smallest absolute Gasteiger partial charge is 0.326 e. The average molecular weight is 346 g/mol. The van der Waals surface area contributed by atoms with Crippen molar-refractivity contribution < 1.29 is 19.5 Å². The zero-order valence-corrected chi connectivity index (χ0v) is 15.0. The van der Waals surface area contributed by atoms with Crippen LogP contribution in [-0.2, 0) is 9.59 Å². The maximum atomic E-state index is 12.6. The monoisotopic (exact) mass is 346 g/mol. The Labute approximate surface area is 148 Å². The van der Waals surface area contributed by atoms with Crippen LogP contribution >= 0.6 is 0 Å². The Kier molecular flexibility index (Phi) is 6.17. The van der Waals surface area contributed by atoms with E-state index >= 15 is 0 Å². The molecule has 1 saturated heterocycles. The summed E-state index contributed by atoms with van der Waals surface area (Å²) in [7, 11) is 0. The Morgan fingerprint density at radius 1 is 1.20 bits per heavy atom. The molecule has 25 heavy (non-hydrogen) atoms. The maximum absolute atomic E-state index is 12.6. The lowest BCUT2D eigenvalue weighted by Crippen LogP contribution is -2.50. The molecule has 0 aromatic heterocycles. The highest BCUT2D eigenvalue weighted by atomic mass is 16.4. The van der Waals surface area contributed by atoms with Crippen molar-refractivity contribution in [3.63, 3.8) is 0 Å². The molecule has 2 rings (SSSR count). The molecular weight excluding hydrogens is 320 g/mol. The van der Waals surface area contributed by atoms with E-state index in [1.54, 1.807) is 30.9 Å². The van der Waals surface area contributed by atoms with Crippen molar-refractivity contribution in [3.05, 3.63) is 35.4 Å². The normalized spacial score (nSPS) is 18.7. The number of nitrogens with one attached hydrogen (secondary N) is 1. The molecule has 1 unspecified atom stereocenters. The van der Waals surface area contributed by atoms with E-state index < -0.39 is 12.0 Å². The van der Waals surface area contributed by atoms with E-state index in [1.165, 1.54) is 0 Å². The van der Waals surface area contributed by atoms with Crippen LogP contribution in [0.3, 0.4) is 0 Å². The van der Waals surface area contributed by atoms with Crippen molar-refractivity contribution in [3.8, 4) is 0 Å². The number of carbonyl (C=O) groups is 3. The molecule has 0 spiro atoms. The highest BCUT2D eigenvalue weighted by Gasteiger charge is 2.32. The third-order valence-corrected chi connectivity index (χ3v) is 4.61. The van der Waals surface area contributed by atoms with E-state index in [4.69, 9.17) is 0 Å². The van der Waals surface area contributed by atoms with Gasteiger partial charge in [-0.25, -0.2) is 4.79 Å². The summed E-state index contributed by atoms with van der Waals surface area (Å²) < 4.78 is 0. The predicted molar refractivity (Wildman–Crippen MR) is 94.2 cm³/mol. The largest absolute Gasteiger partial charge is 0.480 e. The minimum Gasteiger partial charge on any atom is -0.480 e. The first-order valence-electron chi connectivity index (χ1n) is 8.68. The summed E-state index contributed by atoms with van der Waals surface area (Å²) in [6.45, 7) is 6.41. The quantitative estimate of drug-likeness (QED) is 0.854. The molecule has 1 heterocycles. The summed E-state index contributed by atoms with van der Waals surface area (Å²) in [5, 5.41) is 11.8. The van der Waals surface area contributed by atoms with Gasteiger partial charge in [0.25, 0.3) is 5.91 Å². The molecule has 1 fully saturated rings. The minimum absolute atomic E-state index is 0.0869. The summed E-state index contributed by atoms with van der Waals surface area (Å²) in [6.07, 6.45) is 1.39. The molecule has 1 aliphatic heterocycles. The molecular formula is C19H26N2O4. The zero-order chi connectivity index (χ0) is 18.6. The summed E-state index contributed by atoms with van der Waals surface area (Å²) in [6, 6.07) is 6.46. The third-order valence-electron chi connectivity index (χ3n) is 4.61. The van der Waals surface area contributed by atoms with Gasteiger partial charge >= 0.3 is 5.97 Å². The number of hydrogen-bond donors (Lipinski definition) is 2. The lowest BCUT2D eigenvalue weighted by Gasteiger charge is -2.33. The van der Waals surface area contributed by atoms with Gasteiger partial charge in [0, 0.05) is 18.7 Å². The van der Waals surface area contributed by atoms with Crippen LogP contribution in [0.1, 0.15) is 42.6 Å². The molecule has 0 saturated carbocycles. The van der Waals surface area contributed by atoms with Gasteiger partial charge in [-0.15, -0.1) is 0 Å². The fourth-order valence-electron chi connectivity index (χ4n) is 3.04. The van der Waals surface area contributed by atoms with Crippen LogP contribution in [0, 0.1) is 18.8 Å². The number of carbonyl (C=O) groups excluding carboxylic acids is 2. The topological polar surface area (TPSA) is 86.7 Å². The van der Waals surface area contributed by atoms with Gasteiger partial charge in [0.15, 0.2) is 0 Å². The molecule has 1 aromatic carbocycles. The van der Waals surface area contributed by atoms with Gasteiger partial charge in [-0.2, -0.15) is 0 Å². The minimum atomic E-state index is -1.04. The van der Waals surface area contributed by atoms with Crippen molar-refractivity contribution in [2.45, 2.75) is 39.7 Å². The summed E-state index contributed by atoms with van der Waals surface area (Å²) in [5.41, 5.74) is 1.69. The van der Waals surface area contributed by atoms with Gasteiger partial charge in [-0.3, -0.25) is 9.59 Å². The standard InChI is InChI=1S/C19H26N2O4/c1-12(2)16(19(24)25)20-17(22)15-5-4-10-21(11-15)18(23)14-8-6-13(3)7-9-14/h6-9,12,15-16H,4-5,10-11H2,1-3H3,(H,20,22)(H,24,25)/t15?,16-/m1/s1. The van der Waals surface area contributed by atoms with Crippen molar-refractivity contribution in [2.75, 3.05) is 13.1 Å². The molecule has 6 heteroatoms. The number of nitrogens with zero attached hydrogens (tertiary/aromatic N) is 1. The summed E-state index contributed by atoms with van der Waals surface area (Å²) >= 11 is 0. The number of benzene rings is 1. The maximum Gasteiger partial charge on any atom is 0.326 e. The van der Waals surface area contributed by atoms with Gasteiger partial charge in [0.05, 0.1) is 5.92 Å². The fraction of sp³-hybridized carbons (Fsp3) is 0.526. The average Bonchev–Trinajstić information content (AvgIpc) is 2.59. The van der Waals surface area contributed by atoms with Gasteiger partial charge in [0.1, 0.15) is 6.04 Å². The van der Waals surface area contributed by atoms with Crippen LogP contribution in [0.5, 0.6) is 0 Å². The van der Waals surface area contributed by atoms with Gasteiger partial charge < -0.3 is 15.3 Å². The molecule has 0 aliphatic carbocycles.